The molecule has 0 bridgehead atoms. The van der Waals surface area contributed by atoms with Crippen molar-refractivity contribution in [1.82, 2.24) is 14.3 Å². The molecule has 4 aromatic carbocycles. The SMILES string of the molecule is CC(C)N1C=CN(c2[c-]c3c4ccccc4n4c5ccccc5c(c2)c34)[CH-]1.[Ir+3].[c-]1ccccc1-c1ccccn1. The van der Waals surface area contributed by atoms with Gasteiger partial charge in [-0.3, -0.25) is 0 Å². The van der Waals surface area contributed by atoms with Gasteiger partial charge in [-0.1, -0.05) is 65.0 Å². The van der Waals surface area contributed by atoms with Crippen LogP contribution in [0.2, 0.25) is 0 Å². The molecule has 7 aromatic rings. The Bertz CT molecular complexity index is 1810. The second kappa shape index (κ2) is 10.8. The Morgan fingerprint density at radius 3 is 2.20 bits per heavy atom. The molecule has 0 fully saturated rings. The summed E-state index contributed by atoms with van der Waals surface area (Å²) in [5.74, 6) is 0. The van der Waals surface area contributed by atoms with Crippen molar-refractivity contribution in [3.05, 3.63) is 134 Å². The molecule has 0 saturated heterocycles. The van der Waals surface area contributed by atoms with Gasteiger partial charge in [0.25, 0.3) is 0 Å². The number of fused-ring (bicyclic) bond motifs is 6. The minimum absolute atomic E-state index is 0. The van der Waals surface area contributed by atoms with Crippen LogP contribution < -0.4 is 4.90 Å². The number of nitrogens with zero attached hydrogens (tertiary/aromatic N) is 4. The predicted molar refractivity (Wildman–Crippen MR) is 161 cm³/mol. The molecule has 0 amide bonds. The summed E-state index contributed by atoms with van der Waals surface area (Å²) in [5.41, 5.74) is 6.86. The number of aromatic nitrogens is 2. The van der Waals surface area contributed by atoms with Crippen molar-refractivity contribution in [3.8, 4) is 11.3 Å². The Morgan fingerprint density at radius 1 is 0.775 bits per heavy atom. The maximum atomic E-state index is 4.22. The molecule has 0 N–H and O–H groups in total. The molecule has 0 spiro atoms. The summed E-state index contributed by atoms with van der Waals surface area (Å²) >= 11 is 0. The van der Waals surface area contributed by atoms with E-state index in [2.05, 4.69) is 119 Å². The third-order valence-corrected chi connectivity index (χ3v) is 7.28. The summed E-state index contributed by atoms with van der Waals surface area (Å²) < 4.78 is 2.39. The van der Waals surface area contributed by atoms with E-state index < -0.39 is 0 Å². The van der Waals surface area contributed by atoms with Gasteiger partial charge in [-0.15, -0.1) is 53.4 Å². The second-order valence-corrected chi connectivity index (χ2v) is 10.0. The van der Waals surface area contributed by atoms with Crippen LogP contribution in [0.25, 0.3) is 49.4 Å². The van der Waals surface area contributed by atoms with Crippen LogP contribution in [0.4, 0.5) is 5.69 Å². The van der Waals surface area contributed by atoms with E-state index in [1.807, 2.05) is 42.5 Å². The predicted octanol–water partition coefficient (Wildman–Crippen LogP) is 8.30. The van der Waals surface area contributed by atoms with Crippen LogP contribution in [0.15, 0.2) is 116 Å². The molecule has 196 valence electrons. The fourth-order valence-electron chi connectivity index (χ4n) is 5.37. The summed E-state index contributed by atoms with van der Waals surface area (Å²) in [4.78, 5) is 8.60. The number of para-hydroxylation sites is 2. The molecular formula is C35H27IrN4. The van der Waals surface area contributed by atoms with Gasteiger partial charge in [0, 0.05) is 17.2 Å². The van der Waals surface area contributed by atoms with E-state index in [0.29, 0.717) is 6.04 Å². The number of pyridine rings is 1. The molecule has 0 unspecified atom stereocenters. The number of anilines is 1. The molecule has 8 rings (SSSR count). The Morgan fingerprint density at radius 2 is 1.50 bits per heavy atom. The number of hydrogen-bond donors (Lipinski definition) is 0. The van der Waals surface area contributed by atoms with Gasteiger partial charge in [0.1, 0.15) is 0 Å². The van der Waals surface area contributed by atoms with Crippen molar-refractivity contribution in [2.45, 2.75) is 19.9 Å². The fourth-order valence-corrected chi connectivity index (χ4v) is 5.37. The third kappa shape index (κ3) is 4.42. The molecule has 5 heteroatoms. The smallest absolute Gasteiger partial charge is 0.506 e. The first-order valence-corrected chi connectivity index (χ1v) is 13.3. The fraction of sp³-hybridized carbons (Fsp3) is 0.0857. The van der Waals surface area contributed by atoms with Crippen LogP contribution in [0, 0.1) is 18.8 Å². The molecule has 1 aliphatic heterocycles. The van der Waals surface area contributed by atoms with Crippen molar-refractivity contribution in [3.63, 3.8) is 0 Å². The Balaban J connectivity index is 0.000000188. The zero-order chi connectivity index (χ0) is 26.3. The maximum Gasteiger partial charge on any atom is 3.00 e. The molecule has 4 nitrogen and oxygen atoms in total. The molecule has 4 heterocycles. The van der Waals surface area contributed by atoms with Crippen molar-refractivity contribution in [1.29, 1.82) is 0 Å². The molecular weight excluding hydrogens is 669 g/mol. The van der Waals surface area contributed by atoms with E-state index in [1.54, 1.807) is 6.20 Å². The van der Waals surface area contributed by atoms with Gasteiger partial charge >= 0.3 is 20.1 Å². The van der Waals surface area contributed by atoms with Crippen LogP contribution in [0.5, 0.6) is 0 Å². The molecule has 0 radical (unpaired) electrons. The monoisotopic (exact) mass is 696 g/mol. The van der Waals surface area contributed by atoms with Crippen LogP contribution in [0.1, 0.15) is 13.8 Å². The molecule has 3 aromatic heterocycles. The van der Waals surface area contributed by atoms with Gasteiger partial charge in [0.15, 0.2) is 0 Å². The quantitative estimate of drug-likeness (QED) is 0.174. The normalized spacial score (nSPS) is 13.0. The molecule has 40 heavy (non-hydrogen) atoms. The van der Waals surface area contributed by atoms with E-state index in [9.17, 15) is 0 Å². The molecule has 0 aliphatic carbocycles. The van der Waals surface area contributed by atoms with E-state index in [4.69, 9.17) is 0 Å². The molecule has 1 aliphatic rings. The first kappa shape index (κ1) is 26.1. The van der Waals surface area contributed by atoms with Gasteiger partial charge in [-0.05, 0) is 67.1 Å². The minimum atomic E-state index is 0. The number of rotatable bonds is 3. The van der Waals surface area contributed by atoms with Crippen molar-refractivity contribution >= 4 is 43.8 Å². The number of hydrogen-bond acceptors (Lipinski definition) is 3. The van der Waals surface area contributed by atoms with Gasteiger partial charge in [0.05, 0.1) is 0 Å². The van der Waals surface area contributed by atoms with Gasteiger partial charge in [-0.2, -0.15) is 6.67 Å². The average molecular weight is 696 g/mol. The zero-order valence-electron chi connectivity index (χ0n) is 22.2. The van der Waals surface area contributed by atoms with E-state index in [1.165, 1.54) is 38.1 Å². The van der Waals surface area contributed by atoms with Gasteiger partial charge < -0.3 is 19.2 Å². The van der Waals surface area contributed by atoms with Gasteiger partial charge in [-0.25, -0.2) is 0 Å². The largest absolute Gasteiger partial charge is 3.00 e. The van der Waals surface area contributed by atoms with Crippen LogP contribution in [-0.4, -0.2) is 20.3 Å². The second-order valence-electron chi connectivity index (χ2n) is 10.0. The summed E-state index contributed by atoms with van der Waals surface area (Å²) in [6, 6.07) is 40.5. The number of benzene rings is 4. The Kier molecular flexibility index (Phi) is 7.02. The van der Waals surface area contributed by atoms with E-state index in [0.717, 1.165) is 16.9 Å². The van der Waals surface area contributed by atoms with Crippen LogP contribution in [0.3, 0.4) is 0 Å². The maximum absolute atomic E-state index is 4.22. The van der Waals surface area contributed by atoms with Crippen LogP contribution in [-0.2, 0) is 20.1 Å². The van der Waals surface area contributed by atoms with Crippen LogP contribution >= 0.6 is 0 Å². The summed E-state index contributed by atoms with van der Waals surface area (Å²) in [7, 11) is 0. The van der Waals surface area contributed by atoms with E-state index >= 15 is 0 Å². The molecule has 0 saturated carbocycles. The Hall–Kier alpha value is -4.18. The zero-order valence-corrected chi connectivity index (χ0v) is 24.6. The van der Waals surface area contributed by atoms with Gasteiger partial charge in [0.2, 0.25) is 0 Å². The van der Waals surface area contributed by atoms with Crippen molar-refractivity contribution in [2.24, 2.45) is 0 Å². The van der Waals surface area contributed by atoms with Crippen molar-refractivity contribution in [2.75, 3.05) is 4.90 Å². The first-order chi connectivity index (χ1) is 19.2. The summed E-state index contributed by atoms with van der Waals surface area (Å²) in [6.07, 6.45) is 6.03. The summed E-state index contributed by atoms with van der Waals surface area (Å²) in [6.45, 7) is 6.54. The third-order valence-electron chi connectivity index (χ3n) is 7.28. The first-order valence-electron chi connectivity index (χ1n) is 13.3. The minimum Gasteiger partial charge on any atom is -0.506 e. The molecule has 0 atom stereocenters. The topological polar surface area (TPSA) is 23.8 Å². The summed E-state index contributed by atoms with van der Waals surface area (Å²) in [5, 5.41) is 5.03. The van der Waals surface area contributed by atoms with Crippen molar-refractivity contribution < 1.29 is 20.1 Å². The average Bonchev–Trinajstić information content (AvgIpc) is 3.70. The van der Waals surface area contributed by atoms with E-state index in [-0.39, 0.29) is 20.1 Å². The Labute approximate surface area is 247 Å². The standard InChI is InChI=1S/C24H19N3.C11H8N.Ir/c1-16(2)25-11-12-26(15-25)17-13-20-18-7-3-5-9-22(18)27-23-10-6-4-8-19(23)21(14-17)24(20)27;1-2-6-10(7-3-1)11-8-4-5-9-12-11;/h3-13,15-16H,1-2H3;1-6,8-9H;/q-2;-1;+3.